The van der Waals surface area contributed by atoms with Gasteiger partial charge >= 0.3 is 0 Å². The van der Waals surface area contributed by atoms with E-state index in [1.165, 1.54) is 0 Å². The van der Waals surface area contributed by atoms with Gasteiger partial charge in [-0.05, 0) is 32.1 Å². The molecule has 0 bridgehead atoms. The maximum Gasteiger partial charge on any atom is 0.183 e. The molecule has 3 heteroatoms. The Morgan fingerprint density at radius 1 is 1.27 bits per heavy atom. The highest BCUT2D eigenvalue weighted by Gasteiger charge is 2.13. The fourth-order valence-electron chi connectivity index (χ4n) is 0.766. The van der Waals surface area contributed by atoms with Crippen LogP contribution < -0.4 is 0 Å². The highest BCUT2D eigenvalue weighted by Crippen LogP contribution is 2.04. The third-order valence-corrected chi connectivity index (χ3v) is 3.64. The van der Waals surface area contributed by atoms with E-state index in [9.17, 15) is 0 Å². The Hall–Kier alpha value is 0.394. The molecule has 0 rings (SSSR count). The van der Waals surface area contributed by atoms with Gasteiger partial charge in [0, 0.05) is 15.4 Å². The highest BCUT2D eigenvalue weighted by molar-refractivity contribution is 6.69. The Kier molecular flexibility index (Phi) is 5.30. The Balaban J connectivity index is 3.15. The summed E-state index contributed by atoms with van der Waals surface area (Å²) in [7, 11) is -1.68. The van der Waals surface area contributed by atoms with Gasteiger partial charge in [-0.15, -0.1) is 0 Å². The van der Waals surface area contributed by atoms with E-state index in [0.717, 1.165) is 13.0 Å². The van der Waals surface area contributed by atoms with Gasteiger partial charge in [-0.25, -0.2) is 0 Å². The van der Waals surface area contributed by atoms with Crippen LogP contribution in [0.25, 0.3) is 0 Å². The van der Waals surface area contributed by atoms with Gasteiger partial charge in [0.2, 0.25) is 0 Å². The fourth-order valence-corrected chi connectivity index (χ4v) is 2.30. The van der Waals surface area contributed by atoms with Crippen molar-refractivity contribution in [2.45, 2.75) is 39.2 Å². The van der Waals surface area contributed by atoms with E-state index in [2.05, 4.69) is 38.8 Å². The third kappa shape index (κ3) is 10.4. The number of rotatable bonds is 5. The summed E-state index contributed by atoms with van der Waals surface area (Å²) in [6.07, 6.45) is 1.16. The summed E-state index contributed by atoms with van der Waals surface area (Å²) in [5.41, 5.74) is 0. The Morgan fingerprint density at radius 2 is 1.82 bits per heavy atom. The van der Waals surface area contributed by atoms with Crippen LogP contribution in [0.3, 0.4) is 0 Å². The van der Waals surface area contributed by atoms with Gasteiger partial charge in [0.25, 0.3) is 0 Å². The van der Waals surface area contributed by atoms with Crippen LogP contribution in [0.2, 0.25) is 32.7 Å². The quantitative estimate of drug-likeness (QED) is 0.477. The summed E-state index contributed by atoms with van der Waals surface area (Å²) in [6, 6.07) is 2.44. The molecular formula is C8H21OSi2. The van der Waals surface area contributed by atoms with Crippen LogP contribution in [-0.2, 0) is 4.43 Å². The molecule has 0 amide bonds. The Labute approximate surface area is 73.9 Å². The molecule has 0 aromatic heterocycles. The summed E-state index contributed by atoms with van der Waals surface area (Å²) in [5.74, 6) is 0. The molecule has 0 saturated carbocycles. The molecule has 0 spiro atoms. The lowest BCUT2D eigenvalue weighted by Crippen LogP contribution is -2.26. The largest absolute Gasteiger partial charge is 0.418 e. The van der Waals surface area contributed by atoms with E-state index in [1.54, 1.807) is 0 Å². The molecule has 0 aromatic carbocycles. The van der Waals surface area contributed by atoms with Crippen molar-refractivity contribution in [3.63, 3.8) is 0 Å². The van der Waals surface area contributed by atoms with E-state index in [0.29, 0.717) is 0 Å². The minimum atomic E-state index is -1.23. The second kappa shape index (κ2) is 5.11. The molecule has 67 valence electrons. The number of hydrogen-bond donors (Lipinski definition) is 0. The smallest absolute Gasteiger partial charge is 0.183 e. The molecular weight excluding hydrogens is 168 g/mol. The zero-order chi connectivity index (χ0) is 8.91. The minimum Gasteiger partial charge on any atom is -0.418 e. The maximum atomic E-state index is 5.71. The van der Waals surface area contributed by atoms with Crippen LogP contribution in [0.4, 0.5) is 0 Å². The van der Waals surface area contributed by atoms with Gasteiger partial charge in [0.1, 0.15) is 0 Å². The van der Waals surface area contributed by atoms with Crippen molar-refractivity contribution in [3.05, 3.63) is 6.04 Å². The summed E-state index contributed by atoms with van der Waals surface area (Å²) < 4.78 is 5.71. The molecule has 1 radical (unpaired) electrons. The zero-order valence-electron chi connectivity index (χ0n) is 8.48. The molecule has 0 atom stereocenters. The van der Waals surface area contributed by atoms with Gasteiger partial charge in [0.05, 0.1) is 0 Å². The van der Waals surface area contributed by atoms with Crippen molar-refractivity contribution < 1.29 is 4.43 Å². The molecule has 0 heterocycles. The molecule has 0 unspecified atom stereocenters. The predicted molar refractivity (Wildman–Crippen MR) is 57.1 cm³/mol. The van der Waals surface area contributed by atoms with E-state index in [4.69, 9.17) is 4.43 Å². The van der Waals surface area contributed by atoms with Crippen molar-refractivity contribution in [1.29, 1.82) is 0 Å². The van der Waals surface area contributed by atoms with E-state index >= 15 is 0 Å². The van der Waals surface area contributed by atoms with Gasteiger partial charge in [0.15, 0.2) is 8.32 Å². The van der Waals surface area contributed by atoms with Crippen LogP contribution in [0.1, 0.15) is 6.42 Å². The highest BCUT2D eigenvalue weighted by atomic mass is 28.4. The van der Waals surface area contributed by atoms with E-state index in [-0.39, 0.29) is 0 Å². The Morgan fingerprint density at radius 3 is 2.18 bits per heavy atom. The van der Waals surface area contributed by atoms with Gasteiger partial charge < -0.3 is 4.43 Å². The SMILES string of the molecule is C[SiH](C)[CH]CCO[Si](C)(C)C. The monoisotopic (exact) mass is 189 g/mol. The van der Waals surface area contributed by atoms with Crippen molar-refractivity contribution >= 4 is 17.1 Å². The average Bonchev–Trinajstić information content (AvgIpc) is 1.78. The van der Waals surface area contributed by atoms with Gasteiger partial charge in [-0.1, -0.05) is 13.1 Å². The van der Waals surface area contributed by atoms with E-state index in [1.807, 2.05) is 0 Å². The fraction of sp³-hybridized carbons (Fsp3) is 0.875. The van der Waals surface area contributed by atoms with Crippen LogP contribution in [0, 0.1) is 6.04 Å². The average molecular weight is 189 g/mol. The predicted octanol–water partition coefficient (Wildman–Crippen LogP) is 2.46. The normalized spacial score (nSPS) is 12.5. The zero-order valence-corrected chi connectivity index (χ0v) is 10.6. The molecule has 0 N–H and O–H groups in total. The van der Waals surface area contributed by atoms with Gasteiger partial charge in [-0.2, -0.15) is 0 Å². The summed E-state index contributed by atoms with van der Waals surface area (Å²) in [6.45, 7) is 12.3. The molecule has 0 aromatic rings. The molecule has 1 nitrogen and oxygen atoms in total. The van der Waals surface area contributed by atoms with Crippen LogP contribution in [-0.4, -0.2) is 23.7 Å². The molecule has 0 fully saturated rings. The first-order valence-electron chi connectivity index (χ1n) is 4.39. The Bertz CT molecular complexity index is 96.8. The van der Waals surface area contributed by atoms with Crippen LogP contribution >= 0.6 is 0 Å². The first-order valence-corrected chi connectivity index (χ1v) is 10.8. The first kappa shape index (κ1) is 11.4. The first-order chi connectivity index (χ1) is 4.92. The van der Waals surface area contributed by atoms with Crippen LogP contribution in [0.15, 0.2) is 0 Å². The summed E-state index contributed by atoms with van der Waals surface area (Å²) in [5, 5.41) is 0. The van der Waals surface area contributed by atoms with Crippen LogP contribution in [0.5, 0.6) is 0 Å². The van der Waals surface area contributed by atoms with Crippen molar-refractivity contribution in [2.24, 2.45) is 0 Å². The minimum absolute atomic E-state index is 0.446. The second-order valence-electron chi connectivity index (χ2n) is 4.23. The molecule has 0 aliphatic carbocycles. The summed E-state index contributed by atoms with van der Waals surface area (Å²) in [4.78, 5) is 0. The standard InChI is InChI=1S/C8H21OSi2/c1-10(2)8-6-7-9-11(3,4)5/h8,10H,6-7H2,1-5H3. The number of hydrogen-bond acceptors (Lipinski definition) is 1. The second-order valence-corrected chi connectivity index (χ2v) is 11.7. The third-order valence-electron chi connectivity index (χ3n) is 1.29. The lowest BCUT2D eigenvalue weighted by atomic mass is 10.5. The summed E-state index contributed by atoms with van der Waals surface area (Å²) >= 11 is 0. The van der Waals surface area contributed by atoms with E-state index < -0.39 is 17.1 Å². The molecule has 0 saturated heterocycles. The lowest BCUT2D eigenvalue weighted by Gasteiger charge is -2.16. The molecule has 0 aliphatic rings. The van der Waals surface area contributed by atoms with Gasteiger partial charge in [-0.3, -0.25) is 0 Å². The van der Waals surface area contributed by atoms with Crippen molar-refractivity contribution in [3.8, 4) is 0 Å². The lowest BCUT2D eigenvalue weighted by molar-refractivity contribution is 0.316. The molecule has 0 aliphatic heterocycles. The maximum absolute atomic E-state index is 5.71. The van der Waals surface area contributed by atoms with Crippen molar-refractivity contribution in [2.75, 3.05) is 6.61 Å². The topological polar surface area (TPSA) is 9.23 Å². The van der Waals surface area contributed by atoms with Crippen molar-refractivity contribution in [1.82, 2.24) is 0 Å². The molecule has 11 heavy (non-hydrogen) atoms.